The molecule has 0 aliphatic carbocycles. The van der Waals surface area contributed by atoms with Crippen LogP contribution in [0.3, 0.4) is 0 Å². The summed E-state index contributed by atoms with van der Waals surface area (Å²) in [4.78, 5) is 2.39. The molecule has 134 valence electrons. The van der Waals surface area contributed by atoms with E-state index < -0.39 is 0 Å². The molecule has 0 amide bonds. The quantitative estimate of drug-likeness (QED) is 0.502. The van der Waals surface area contributed by atoms with Crippen molar-refractivity contribution in [2.24, 2.45) is 0 Å². The lowest BCUT2D eigenvalue weighted by molar-refractivity contribution is 0.415. The van der Waals surface area contributed by atoms with Crippen molar-refractivity contribution in [2.45, 2.75) is 12.5 Å². The van der Waals surface area contributed by atoms with E-state index >= 15 is 0 Å². The van der Waals surface area contributed by atoms with Gasteiger partial charge in [0.2, 0.25) is 0 Å². The molecule has 0 spiro atoms. The van der Waals surface area contributed by atoms with Crippen LogP contribution in [-0.2, 0) is 6.42 Å². The van der Waals surface area contributed by atoms with Crippen molar-refractivity contribution in [1.82, 2.24) is 0 Å². The number of fused-ring (bicyclic) bond motifs is 1. The second kappa shape index (κ2) is 7.90. The van der Waals surface area contributed by atoms with Gasteiger partial charge in [0.1, 0.15) is 11.8 Å². The average Bonchev–Trinajstić information content (AvgIpc) is 2.73. The highest BCUT2D eigenvalue weighted by Gasteiger charge is 2.26. The predicted molar refractivity (Wildman–Crippen MR) is 114 cm³/mol. The number of benzene rings is 3. The Morgan fingerprint density at radius 2 is 1.78 bits per heavy atom. The largest absolute Gasteiger partial charge is 0.497 e. The van der Waals surface area contributed by atoms with Gasteiger partial charge in [0, 0.05) is 22.3 Å². The van der Waals surface area contributed by atoms with Crippen LogP contribution in [0.4, 0.5) is 5.69 Å². The Bertz CT molecular complexity index is 986. The maximum Gasteiger partial charge on any atom is 0.118 e. The molecule has 1 atom stereocenters. The molecule has 1 aliphatic rings. The predicted octanol–water partition coefficient (Wildman–Crippen LogP) is 5.61. The zero-order valence-corrected chi connectivity index (χ0v) is 16.7. The summed E-state index contributed by atoms with van der Waals surface area (Å²) < 4.78 is 6.33. The lowest BCUT2D eigenvalue weighted by Gasteiger charge is -2.36. The van der Waals surface area contributed by atoms with E-state index in [4.69, 9.17) is 4.74 Å². The minimum atomic E-state index is 0.0238. The first kappa shape index (κ1) is 17.7. The van der Waals surface area contributed by atoms with E-state index in [2.05, 4.69) is 81.2 Å². The SMILES string of the molecule is COc1ccc(C#CC2c3cc(Br)ccc3CCN2c2ccccc2)cc1. The number of hydrogen-bond acceptors (Lipinski definition) is 2. The van der Waals surface area contributed by atoms with Gasteiger partial charge in [0.05, 0.1) is 7.11 Å². The third-order valence-electron chi connectivity index (χ3n) is 4.87. The van der Waals surface area contributed by atoms with Crippen LogP contribution >= 0.6 is 15.9 Å². The van der Waals surface area contributed by atoms with E-state index in [0.717, 1.165) is 28.8 Å². The maximum atomic E-state index is 5.24. The van der Waals surface area contributed by atoms with Gasteiger partial charge < -0.3 is 9.64 Å². The van der Waals surface area contributed by atoms with Crippen LogP contribution in [0.15, 0.2) is 77.3 Å². The Morgan fingerprint density at radius 1 is 1.00 bits per heavy atom. The summed E-state index contributed by atoms with van der Waals surface area (Å²) in [5, 5.41) is 0. The van der Waals surface area contributed by atoms with Crippen molar-refractivity contribution < 1.29 is 4.74 Å². The summed E-state index contributed by atoms with van der Waals surface area (Å²) in [7, 11) is 1.68. The van der Waals surface area contributed by atoms with Gasteiger partial charge >= 0.3 is 0 Å². The highest BCUT2D eigenvalue weighted by Crippen LogP contribution is 2.35. The van der Waals surface area contributed by atoms with Crippen LogP contribution in [0, 0.1) is 11.8 Å². The summed E-state index contributed by atoms with van der Waals surface area (Å²) in [6.45, 7) is 0.959. The van der Waals surface area contributed by atoms with Crippen LogP contribution in [0.2, 0.25) is 0 Å². The molecule has 3 heteroatoms. The van der Waals surface area contributed by atoms with Gasteiger partial charge in [0.15, 0.2) is 0 Å². The summed E-state index contributed by atoms with van der Waals surface area (Å²) in [6.07, 6.45) is 1.03. The number of ether oxygens (including phenoxy) is 1. The van der Waals surface area contributed by atoms with Gasteiger partial charge in [-0.15, -0.1) is 0 Å². The highest BCUT2D eigenvalue weighted by atomic mass is 79.9. The number of methoxy groups -OCH3 is 1. The third-order valence-corrected chi connectivity index (χ3v) is 5.36. The molecule has 4 rings (SSSR count). The number of hydrogen-bond donors (Lipinski definition) is 0. The van der Waals surface area contributed by atoms with Gasteiger partial charge in [-0.2, -0.15) is 0 Å². The van der Waals surface area contributed by atoms with Gasteiger partial charge in [-0.1, -0.05) is 52.0 Å². The molecule has 3 aromatic carbocycles. The van der Waals surface area contributed by atoms with E-state index in [1.165, 1.54) is 16.8 Å². The van der Waals surface area contributed by atoms with Crippen molar-refractivity contribution in [3.8, 4) is 17.6 Å². The highest BCUT2D eigenvalue weighted by molar-refractivity contribution is 9.10. The monoisotopic (exact) mass is 417 g/mol. The number of anilines is 1. The Balaban J connectivity index is 1.75. The molecule has 0 N–H and O–H groups in total. The number of nitrogens with zero attached hydrogens (tertiary/aromatic N) is 1. The fraction of sp³-hybridized carbons (Fsp3) is 0.167. The first-order valence-electron chi connectivity index (χ1n) is 9.00. The van der Waals surface area contributed by atoms with Gasteiger partial charge in [0.25, 0.3) is 0 Å². The van der Waals surface area contributed by atoms with Crippen LogP contribution in [-0.4, -0.2) is 13.7 Å². The molecule has 1 aliphatic heterocycles. The average molecular weight is 418 g/mol. The molecular weight excluding hydrogens is 398 g/mol. The number of halogens is 1. The van der Waals surface area contributed by atoms with E-state index in [9.17, 15) is 0 Å². The molecule has 0 radical (unpaired) electrons. The lowest BCUT2D eigenvalue weighted by Crippen LogP contribution is -2.34. The topological polar surface area (TPSA) is 12.5 Å². The Morgan fingerprint density at radius 3 is 2.52 bits per heavy atom. The molecule has 3 aromatic rings. The molecule has 0 aromatic heterocycles. The van der Waals surface area contributed by atoms with E-state index in [0.29, 0.717) is 0 Å². The zero-order chi connectivity index (χ0) is 18.6. The Labute approximate surface area is 168 Å². The summed E-state index contributed by atoms with van der Waals surface area (Å²) in [6, 6.07) is 25.0. The molecule has 1 heterocycles. The van der Waals surface area contributed by atoms with E-state index in [1.54, 1.807) is 7.11 Å². The lowest BCUT2D eigenvalue weighted by atomic mass is 9.92. The second-order valence-electron chi connectivity index (χ2n) is 6.52. The smallest absolute Gasteiger partial charge is 0.118 e. The zero-order valence-electron chi connectivity index (χ0n) is 15.2. The standard InChI is InChI=1S/C24H20BrNO/c1-27-22-12-7-18(8-13-22)9-14-24-23-17-20(25)11-10-19(23)15-16-26(24)21-5-3-2-4-6-21/h2-8,10-13,17,24H,15-16H2,1H3. The van der Waals surface area contributed by atoms with Crippen molar-refractivity contribution >= 4 is 21.6 Å². The van der Waals surface area contributed by atoms with Crippen molar-refractivity contribution in [1.29, 1.82) is 0 Å². The molecule has 0 fully saturated rings. The van der Waals surface area contributed by atoms with Crippen molar-refractivity contribution in [3.63, 3.8) is 0 Å². The fourth-order valence-corrected chi connectivity index (χ4v) is 3.84. The van der Waals surface area contributed by atoms with Crippen LogP contribution in [0.5, 0.6) is 5.75 Å². The minimum Gasteiger partial charge on any atom is -0.497 e. The maximum absolute atomic E-state index is 5.24. The first-order chi connectivity index (χ1) is 13.2. The molecule has 1 unspecified atom stereocenters. The Kier molecular flexibility index (Phi) is 5.18. The molecule has 0 saturated heterocycles. The van der Waals surface area contributed by atoms with Crippen LogP contribution in [0.1, 0.15) is 22.7 Å². The summed E-state index contributed by atoms with van der Waals surface area (Å²) in [5.74, 6) is 7.73. The Hall–Kier alpha value is -2.70. The normalized spacial score (nSPS) is 15.5. The summed E-state index contributed by atoms with van der Waals surface area (Å²) >= 11 is 3.63. The van der Waals surface area contributed by atoms with E-state index in [1.807, 2.05) is 24.3 Å². The van der Waals surface area contributed by atoms with Gasteiger partial charge in [-0.05, 0) is 66.1 Å². The third kappa shape index (κ3) is 3.86. The molecule has 2 nitrogen and oxygen atoms in total. The van der Waals surface area contributed by atoms with Crippen LogP contribution in [0.25, 0.3) is 0 Å². The minimum absolute atomic E-state index is 0.0238. The summed E-state index contributed by atoms with van der Waals surface area (Å²) in [5.41, 5.74) is 4.85. The first-order valence-corrected chi connectivity index (χ1v) is 9.79. The van der Waals surface area contributed by atoms with Gasteiger partial charge in [-0.25, -0.2) is 0 Å². The number of para-hydroxylation sites is 1. The fourth-order valence-electron chi connectivity index (χ4n) is 3.47. The number of rotatable bonds is 2. The molecule has 0 bridgehead atoms. The molecular formula is C24H20BrNO. The van der Waals surface area contributed by atoms with Crippen molar-refractivity contribution in [2.75, 3.05) is 18.6 Å². The van der Waals surface area contributed by atoms with E-state index in [-0.39, 0.29) is 6.04 Å². The van der Waals surface area contributed by atoms with Gasteiger partial charge in [-0.3, -0.25) is 0 Å². The molecule has 0 saturated carbocycles. The molecule has 27 heavy (non-hydrogen) atoms. The van der Waals surface area contributed by atoms with Crippen molar-refractivity contribution in [3.05, 3.63) is 94.0 Å². The van der Waals surface area contributed by atoms with Crippen LogP contribution < -0.4 is 9.64 Å². The second-order valence-corrected chi connectivity index (χ2v) is 7.44.